The molecule has 0 bridgehead atoms. The number of hydrogen-bond acceptors (Lipinski definition) is 5. The van der Waals surface area contributed by atoms with Crippen molar-refractivity contribution in [2.24, 2.45) is 5.41 Å². The van der Waals surface area contributed by atoms with Crippen LogP contribution in [0.15, 0.2) is 47.3 Å². The molecular weight excluding hydrogens is 387 g/mol. The van der Waals surface area contributed by atoms with Crippen LogP contribution in [0.3, 0.4) is 0 Å². The zero-order valence-corrected chi connectivity index (χ0v) is 16.2. The normalized spacial score (nSPS) is 12.3. The van der Waals surface area contributed by atoms with Crippen LogP contribution >= 0.6 is 0 Å². The fourth-order valence-electron chi connectivity index (χ4n) is 3.05. The Morgan fingerprint density at radius 1 is 1.03 bits per heavy atom. The minimum Gasteiger partial charge on any atom is -0.406 e. The number of alkyl halides is 3. The van der Waals surface area contributed by atoms with Gasteiger partial charge in [-0.1, -0.05) is 37.3 Å². The standard InChI is InChI=1S/C20H20F3N3O3/c1-19(2,12-28-3)11-26-18(27)16-10-14(6-9-17(16)24-25-26)13-4-7-15(8-5-13)29-20(21,22)23/h4-10H,11-12H2,1-3H3. The van der Waals surface area contributed by atoms with Gasteiger partial charge in [0.05, 0.1) is 18.5 Å². The van der Waals surface area contributed by atoms with Gasteiger partial charge in [-0.15, -0.1) is 18.3 Å². The summed E-state index contributed by atoms with van der Waals surface area (Å²) in [5, 5.41) is 8.48. The molecule has 29 heavy (non-hydrogen) atoms. The summed E-state index contributed by atoms with van der Waals surface area (Å²) >= 11 is 0. The molecule has 2 aromatic carbocycles. The monoisotopic (exact) mass is 407 g/mol. The lowest BCUT2D eigenvalue weighted by molar-refractivity contribution is -0.274. The van der Waals surface area contributed by atoms with Gasteiger partial charge in [-0.05, 0) is 35.4 Å². The average molecular weight is 407 g/mol. The molecule has 3 aromatic rings. The first kappa shape index (κ1) is 20.8. The Labute approximate surface area is 164 Å². The zero-order valence-electron chi connectivity index (χ0n) is 16.2. The minimum absolute atomic E-state index is 0.293. The molecule has 9 heteroatoms. The van der Waals surface area contributed by atoms with Crippen molar-refractivity contribution in [2.45, 2.75) is 26.8 Å². The van der Waals surface area contributed by atoms with Crippen molar-refractivity contribution in [3.63, 3.8) is 0 Å². The van der Waals surface area contributed by atoms with E-state index in [1.807, 2.05) is 13.8 Å². The van der Waals surface area contributed by atoms with Gasteiger partial charge in [-0.25, -0.2) is 4.68 Å². The van der Waals surface area contributed by atoms with Gasteiger partial charge in [0.25, 0.3) is 5.56 Å². The molecule has 154 valence electrons. The third-order valence-electron chi connectivity index (χ3n) is 4.26. The molecule has 0 N–H and O–H groups in total. The van der Waals surface area contributed by atoms with E-state index in [1.165, 1.54) is 28.9 Å². The second kappa shape index (κ2) is 7.82. The SMILES string of the molecule is COCC(C)(C)Cn1nnc2ccc(-c3ccc(OC(F)(F)F)cc3)cc2c1=O. The van der Waals surface area contributed by atoms with E-state index in [-0.39, 0.29) is 16.7 Å². The smallest absolute Gasteiger partial charge is 0.406 e. The Morgan fingerprint density at radius 2 is 1.69 bits per heavy atom. The molecule has 0 saturated heterocycles. The van der Waals surface area contributed by atoms with Gasteiger partial charge >= 0.3 is 6.36 Å². The lowest BCUT2D eigenvalue weighted by Crippen LogP contribution is -2.33. The second-order valence-electron chi connectivity index (χ2n) is 7.45. The maximum Gasteiger partial charge on any atom is 0.573 e. The lowest BCUT2D eigenvalue weighted by Gasteiger charge is -2.23. The van der Waals surface area contributed by atoms with E-state index in [4.69, 9.17) is 4.74 Å². The van der Waals surface area contributed by atoms with Crippen molar-refractivity contribution in [2.75, 3.05) is 13.7 Å². The Kier molecular flexibility index (Phi) is 5.61. The number of benzene rings is 2. The van der Waals surface area contributed by atoms with Crippen LogP contribution in [0, 0.1) is 5.41 Å². The highest BCUT2D eigenvalue weighted by atomic mass is 19.4. The van der Waals surface area contributed by atoms with Gasteiger partial charge in [0.2, 0.25) is 0 Å². The number of methoxy groups -OCH3 is 1. The van der Waals surface area contributed by atoms with Crippen LogP contribution in [0.5, 0.6) is 5.75 Å². The van der Waals surface area contributed by atoms with Crippen LogP contribution < -0.4 is 10.3 Å². The Morgan fingerprint density at radius 3 is 2.31 bits per heavy atom. The summed E-state index contributed by atoms with van der Waals surface area (Å²) in [4.78, 5) is 12.9. The number of halogens is 3. The summed E-state index contributed by atoms with van der Waals surface area (Å²) in [6.07, 6.45) is -4.75. The van der Waals surface area contributed by atoms with E-state index in [9.17, 15) is 18.0 Å². The fourth-order valence-corrected chi connectivity index (χ4v) is 3.05. The van der Waals surface area contributed by atoms with Crippen molar-refractivity contribution in [1.29, 1.82) is 0 Å². The predicted molar refractivity (Wildman–Crippen MR) is 102 cm³/mol. The number of fused-ring (bicyclic) bond motifs is 1. The van der Waals surface area contributed by atoms with Crippen molar-refractivity contribution in [3.05, 3.63) is 52.8 Å². The molecule has 0 amide bonds. The van der Waals surface area contributed by atoms with Gasteiger partial charge in [-0.2, -0.15) is 0 Å². The van der Waals surface area contributed by atoms with Crippen LogP contribution in [0.1, 0.15) is 13.8 Å². The molecule has 0 aliphatic rings. The summed E-state index contributed by atoms with van der Waals surface area (Å²) < 4.78 is 47.3. The van der Waals surface area contributed by atoms with E-state index in [0.717, 1.165) is 0 Å². The number of rotatable bonds is 6. The van der Waals surface area contributed by atoms with Gasteiger partial charge in [0.1, 0.15) is 11.3 Å². The first-order valence-electron chi connectivity index (χ1n) is 8.81. The van der Waals surface area contributed by atoms with Crippen LogP contribution in [-0.4, -0.2) is 35.1 Å². The van der Waals surface area contributed by atoms with Gasteiger partial charge in [0, 0.05) is 12.5 Å². The molecular formula is C20H20F3N3O3. The number of aromatic nitrogens is 3. The van der Waals surface area contributed by atoms with E-state index in [0.29, 0.717) is 35.2 Å². The quantitative estimate of drug-likeness (QED) is 0.617. The maximum absolute atomic E-state index is 12.9. The molecule has 0 fully saturated rings. The van der Waals surface area contributed by atoms with Crippen LogP contribution in [0.25, 0.3) is 22.0 Å². The van der Waals surface area contributed by atoms with Crippen molar-refractivity contribution in [3.8, 4) is 16.9 Å². The molecule has 0 aliphatic carbocycles. The first-order valence-corrected chi connectivity index (χ1v) is 8.81. The van der Waals surface area contributed by atoms with Crippen molar-refractivity contribution in [1.82, 2.24) is 15.0 Å². The minimum atomic E-state index is -4.75. The van der Waals surface area contributed by atoms with Crippen LogP contribution in [0.4, 0.5) is 13.2 Å². The molecule has 6 nitrogen and oxygen atoms in total. The van der Waals surface area contributed by atoms with E-state index < -0.39 is 6.36 Å². The summed E-state index contributed by atoms with van der Waals surface area (Å²) in [6.45, 7) is 4.69. The molecule has 1 aromatic heterocycles. The van der Waals surface area contributed by atoms with Crippen LogP contribution in [-0.2, 0) is 11.3 Å². The van der Waals surface area contributed by atoms with Gasteiger partial charge in [-0.3, -0.25) is 4.79 Å². The molecule has 0 spiro atoms. The Balaban J connectivity index is 1.95. The molecule has 1 heterocycles. The third-order valence-corrected chi connectivity index (χ3v) is 4.26. The molecule has 0 unspecified atom stereocenters. The summed E-state index contributed by atoms with van der Waals surface area (Å²) in [5.41, 5.74) is 1.15. The fraction of sp³-hybridized carbons (Fsp3) is 0.350. The highest BCUT2D eigenvalue weighted by Gasteiger charge is 2.31. The zero-order chi connectivity index (χ0) is 21.2. The number of ether oxygens (including phenoxy) is 2. The summed E-state index contributed by atoms with van der Waals surface area (Å²) in [5.74, 6) is -0.310. The van der Waals surface area contributed by atoms with Gasteiger partial charge < -0.3 is 9.47 Å². The first-order chi connectivity index (χ1) is 13.6. The van der Waals surface area contributed by atoms with E-state index >= 15 is 0 Å². The van der Waals surface area contributed by atoms with Gasteiger partial charge in [0.15, 0.2) is 0 Å². The topological polar surface area (TPSA) is 66.2 Å². The van der Waals surface area contributed by atoms with E-state index in [2.05, 4.69) is 15.0 Å². The summed E-state index contributed by atoms with van der Waals surface area (Å²) in [7, 11) is 1.59. The van der Waals surface area contributed by atoms with E-state index in [1.54, 1.807) is 25.3 Å². The Hall–Kier alpha value is -2.94. The third kappa shape index (κ3) is 5.11. The van der Waals surface area contributed by atoms with Crippen LogP contribution in [0.2, 0.25) is 0 Å². The largest absolute Gasteiger partial charge is 0.573 e. The molecule has 0 saturated carbocycles. The lowest BCUT2D eigenvalue weighted by atomic mass is 9.95. The average Bonchev–Trinajstić information content (AvgIpc) is 2.63. The molecule has 0 radical (unpaired) electrons. The summed E-state index contributed by atoms with van der Waals surface area (Å²) in [6, 6.07) is 10.5. The number of hydrogen-bond donors (Lipinski definition) is 0. The van der Waals surface area contributed by atoms with Crippen molar-refractivity contribution >= 4 is 10.9 Å². The number of nitrogens with zero attached hydrogens (tertiary/aromatic N) is 3. The maximum atomic E-state index is 12.9. The second-order valence-corrected chi connectivity index (χ2v) is 7.45. The Bertz CT molecular complexity index is 1060. The highest BCUT2D eigenvalue weighted by Crippen LogP contribution is 2.27. The molecule has 3 rings (SSSR count). The van der Waals surface area contributed by atoms with Crippen molar-refractivity contribution < 1.29 is 22.6 Å². The molecule has 0 atom stereocenters. The molecule has 0 aliphatic heterocycles. The predicted octanol–water partition coefficient (Wildman–Crippen LogP) is 4.03. The highest BCUT2D eigenvalue weighted by molar-refractivity contribution is 5.83.